The Balaban J connectivity index is 1.73. The summed E-state index contributed by atoms with van der Waals surface area (Å²) in [4.78, 5) is 26.2. The van der Waals surface area contributed by atoms with Crippen molar-refractivity contribution >= 4 is 23.2 Å². The Labute approximate surface area is 142 Å². The molecule has 0 radical (unpaired) electrons. The Morgan fingerprint density at radius 2 is 1.79 bits per heavy atom. The van der Waals surface area contributed by atoms with Gasteiger partial charge in [-0.2, -0.15) is 5.10 Å². The first-order chi connectivity index (χ1) is 11.5. The van der Waals surface area contributed by atoms with Crippen LogP contribution < -0.4 is 4.90 Å². The molecule has 2 heterocycles. The van der Waals surface area contributed by atoms with Crippen LogP contribution in [0.1, 0.15) is 37.3 Å². The van der Waals surface area contributed by atoms with Crippen molar-refractivity contribution in [2.75, 3.05) is 19.0 Å². The van der Waals surface area contributed by atoms with Crippen LogP contribution in [0.2, 0.25) is 0 Å². The molecular weight excluding hydrogens is 302 g/mol. The van der Waals surface area contributed by atoms with Gasteiger partial charge in [0.2, 0.25) is 11.8 Å². The van der Waals surface area contributed by atoms with E-state index in [0.717, 1.165) is 42.6 Å². The average molecular weight is 325 g/mol. The number of anilines is 1. The number of amides is 2. The van der Waals surface area contributed by atoms with Gasteiger partial charge in [-0.1, -0.05) is 13.0 Å². The fourth-order valence-corrected chi connectivity index (χ4v) is 4.14. The fourth-order valence-electron chi connectivity index (χ4n) is 4.14. The van der Waals surface area contributed by atoms with Crippen LogP contribution in [-0.2, 0) is 16.0 Å². The Hall–Kier alpha value is -2.17. The minimum atomic E-state index is 0.0534. The zero-order chi connectivity index (χ0) is 17.0. The second-order valence-electron chi connectivity index (χ2n) is 7.32. The second kappa shape index (κ2) is 5.43. The van der Waals surface area contributed by atoms with Gasteiger partial charge >= 0.3 is 0 Å². The number of carbonyl (C=O) groups excluding carboxylic acids is 2. The van der Waals surface area contributed by atoms with Crippen molar-refractivity contribution in [3.63, 3.8) is 0 Å². The highest BCUT2D eigenvalue weighted by molar-refractivity contribution is 6.08. The van der Waals surface area contributed by atoms with E-state index in [4.69, 9.17) is 0 Å². The maximum absolute atomic E-state index is 12.3. The Morgan fingerprint density at radius 1 is 1.04 bits per heavy atom. The van der Waals surface area contributed by atoms with Gasteiger partial charge < -0.3 is 4.90 Å². The normalized spacial score (nSPS) is 29.5. The molecule has 5 heteroatoms. The molecular formula is C19H23N3O2. The number of aryl methyl sites for hydroxylation is 1. The van der Waals surface area contributed by atoms with E-state index in [1.807, 2.05) is 20.0 Å². The molecule has 4 rings (SSSR count). The number of nitrogens with zero attached hydrogens (tertiary/aromatic N) is 3. The van der Waals surface area contributed by atoms with E-state index in [9.17, 15) is 9.59 Å². The SMILES string of the molecule is CC1CCc2cc(C3=NN(C)C(=O)C4CCC34)ccc2N(C)C1=O. The summed E-state index contributed by atoms with van der Waals surface area (Å²) in [5, 5.41) is 6.06. The molecule has 5 nitrogen and oxygen atoms in total. The molecule has 126 valence electrons. The van der Waals surface area contributed by atoms with Crippen LogP contribution in [0.3, 0.4) is 0 Å². The van der Waals surface area contributed by atoms with E-state index in [-0.39, 0.29) is 29.6 Å². The van der Waals surface area contributed by atoms with Crippen LogP contribution in [-0.4, -0.2) is 36.6 Å². The van der Waals surface area contributed by atoms with E-state index in [1.54, 1.807) is 11.9 Å². The third-order valence-electron chi connectivity index (χ3n) is 5.85. The molecule has 1 aromatic rings. The summed E-state index contributed by atoms with van der Waals surface area (Å²) in [5.74, 6) is 0.740. The molecule has 0 spiro atoms. The Kier molecular flexibility index (Phi) is 3.48. The highest BCUT2D eigenvalue weighted by atomic mass is 16.2. The van der Waals surface area contributed by atoms with E-state index in [0.29, 0.717) is 0 Å². The molecule has 0 saturated heterocycles. The number of benzene rings is 1. The lowest BCUT2D eigenvalue weighted by molar-refractivity contribution is -0.139. The second-order valence-corrected chi connectivity index (χ2v) is 7.32. The number of fused-ring (bicyclic) bond motifs is 2. The minimum Gasteiger partial charge on any atom is -0.315 e. The largest absolute Gasteiger partial charge is 0.315 e. The van der Waals surface area contributed by atoms with E-state index in [2.05, 4.69) is 17.2 Å². The maximum atomic E-state index is 12.3. The molecule has 3 atom stereocenters. The third kappa shape index (κ3) is 2.18. The standard InChI is InChI=1S/C19H23N3O2/c1-11-4-5-12-10-13(6-9-16(12)21(2)18(11)23)17-14-7-8-15(14)19(24)22(3)20-17/h6,9-11,14-15H,4-5,7-8H2,1-3H3. The number of hydrazone groups is 1. The van der Waals surface area contributed by atoms with Crippen molar-refractivity contribution in [3.05, 3.63) is 29.3 Å². The number of carbonyl (C=O) groups is 2. The highest BCUT2D eigenvalue weighted by Crippen LogP contribution is 2.41. The lowest BCUT2D eigenvalue weighted by atomic mass is 9.68. The van der Waals surface area contributed by atoms with Gasteiger partial charge in [-0.15, -0.1) is 0 Å². The summed E-state index contributed by atoms with van der Waals surface area (Å²) in [5.41, 5.74) is 4.32. The smallest absolute Gasteiger partial charge is 0.246 e. The van der Waals surface area contributed by atoms with Gasteiger partial charge in [0.15, 0.2) is 0 Å². The molecule has 1 fully saturated rings. The van der Waals surface area contributed by atoms with Crippen LogP contribution in [0.25, 0.3) is 0 Å². The van der Waals surface area contributed by atoms with Crippen molar-refractivity contribution in [1.29, 1.82) is 0 Å². The molecule has 24 heavy (non-hydrogen) atoms. The predicted octanol–water partition coefficient (Wildman–Crippen LogP) is 2.43. The van der Waals surface area contributed by atoms with E-state index < -0.39 is 0 Å². The summed E-state index contributed by atoms with van der Waals surface area (Å²) < 4.78 is 0. The fraction of sp³-hybridized carbons (Fsp3) is 0.526. The first-order valence-electron chi connectivity index (χ1n) is 8.74. The van der Waals surface area contributed by atoms with E-state index >= 15 is 0 Å². The van der Waals surface area contributed by atoms with Gasteiger partial charge in [0.05, 0.1) is 5.71 Å². The van der Waals surface area contributed by atoms with Gasteiger partial charge in [0.1, 0.15) is 0 Å². The van der Waals surface area contributed by atoms with Gasteiger partial charge in [0, 0.05) is 37.5 Å². The van der Waals surface area contributed by atoms with Crippen LogP contribution in [0.15, 0.2) is 23.3 Å². The van der Waals surface area contributed by atoms with Crippen molar-refractivity contribution in [1.82, 2.24) is 5.01 Å². The summed E-state index contributed by atoms with van der Waals surface area (Å²) in [7, 11) is 3.60. The molecule has 3 unspecified atom stereocenters. The maximum Gasteiger partial charge on any atom is 0.246 e. The van der Waals surface area contributed by atoms with Crippen molar-refractivity contribution in [2.45, 2.75) is 32.6 Å². The summed E-state index contributed by atoms with van der Waals surface area (Å²) in [6.45, 7) is 2.00. The minimum absolute atomic E-state index is 0.0534. The van der Waals surface area contributed by atoms with Crippen LogP contribution in [0.4, 0.5) is 5.69 Å². The molecule has 2 aliphatic heterocycles. The molecule has 0 bridgehead atoms. The van der Waals surface area contributed by atoms with Crippen LogP contribution in [0.5, 0.6) is 0 Å². The quantitative estimate of drug-likeness (QED) is 0.796. The summed E-state index contributed by atoms with van der Waals surface area (Å²) >= 11 is 0. The van der Waals surface area contributed by atoms with Crippen molar-refractivity contribution in [3.8, 4) is 0 Å². The average Bonchev–Trinajstić information content (AvgIpc) is 2.64. The Morgan fingerprint density at radius 3 is 2.50 bits per heavy atom. The van der Waals surface area contributed by atoms with Crippen molar-refractivity contribution < 1.29 is 9.59 Å². The highest BCUT2D eigenvalue weighted by Gasteiger charge is 2.45. The first-order valence-corrected chi connectivity index (χ1v) is 8.74. The van der Waals surface area contributed by atoms with Gasteiger partial charge in [-0.3, -0.25) is 9.59 Å². The first kappa shape index (κ1) is 15.4. The number of hydrogen-bond donors (Lipinski definition) is 0. The van der Waals surface area contributed by atoms with Crippen LogP contribution in [0, 0.1) is 17.8 Å². The van der Waals surface area contributed by atoms with E-state index in [1.165, 1.54) is 10.6 Å². The zero-order valence-corrected chi connectivity index (χ0v) is 14.5. The van der Waals surface area contributed by atoms with Gasteiger partial charge in [0.25, 0.3) is 0 Å². The Bertz CT molecular complexity index is 755. The lowest BCUT2D eigenvalue weighted by Gasteiger charge is -2.41. The number of rotatable bonds is 1. The monoisotopic (exact) mass is 325 g/mol. The molecule has 2 amide bonds. The predicted molar refractivity (Wildman–Crippen MR) is 92.9 cm³/mol. The summed E-state index contributed by atoms with van der Waals surface area (Å²) in [6.07, 6.45) is 3.77. The van der Waals surface area contributed by atoms with Crippen LogP contribution >= 0.6 is 0 Å². The zero-order valence-electron chi connectivity index (χ0n) is 14.5. The molecule has 1 aromatic carbocycles. The lowest BCUT2D eigenvalue weighted by Crippen LogP contribution is -2.48. The molecule has 3 aliphatic rings. The number of hydrogen-bond acceptors (Lipinski definition) is 3. The molecule has 0 N–H and O–H groups in total. The topological polar surface area (TPSA) is 53.0 Å². The summed E-state index contributed by atoms with van der Waals surface area (Å²) in [6, 6.07) is 6.26. The molecule has 0 aromatic heterocycles. The third-order valence-corrected chi connectivity index (χ3v) is 5.85. The molecule has 1 saturated carbocycles. The van der Waals surface area contributed by atoms with Gasteiger partial charge in [-0.05, 0) is 48.9 Å². The molecule has 1 aliphatic carbocycles. The van der Waals surface area contributed by atoms with Crippen molar-refractivity contribution in [2.24, 2.45) is 22.9 Å². The van der Waals surface area contributed by atoms with Gasteiger partial charge in [-0.25, -0.2) is 5.01 Å².